The number of carboxylic acid groups (broad SMARTS) is 1. The predicted octanol–water partition coefficient (Wildman–Crippen LogP) is 3.81. The molecule has 2 aromatic rings. The van der Waals surface area contributed by atoms with Crippen molar-refractivity contribution in [1.82, 2.24) is 0 Å². The number of anilines is 1. The Bertz CT molecular complexity index is 750. The van der Waals surface area contributed by atoms with Gasteiger partial charge in [0.2, 0.25) is 5.91 Å². The highest BCUT2D eigenvalue weighted by Crippen LogP contribution is 2.50. The molecule has 1 aromatic heterocycles. The fourth-order valence-corrected chi connectivity index (χ4v) is 3.76. The van der Waals surface area contributed by atoms with E-state index < -0.39 is 5.97 Å². The molecule has 2 N–H and O–H groups in total. The Morgan fingerprint density at radius 3 is 2.64 bits per heavy atom. The van der Waals surface area contributed by atoms with Crippen LogP contribution in [-0.2, 0) is 4.79 Å². The van der Waals surface area contributed by atoms with E-state index in [2.05, 4.69) is 23.7 Å². The molecule has 1 heterocycles. The summed E-state index contributed by atoms with van der Waals surface area (Å²) in [6.45, 7) is 3.93. The zero-order valence-electron chi connectivity index (χ0n) is 12.4. The molecule has 0 bridgehead atoms. The summed E-state index contributed by atoms with van der Waals surface area (Å²) in [6.07, 6.45) is 0.866. The normalized spacial score (nSPS) is 19.7. The molecule has 1 aliphatic carbocycles. The van der Waals surface area contributed by atoms with Crippen molar-refractivity contribution >= 4 is 28.9 Å². The quantitative estimate of drug-likeness (QED) is 0.901. The number of hydrogen-bond donors (Lipinski definition) is 2. The van der Waals surface area contributed by atoms with E-state index in [0.29, 0.717) is 11.6 Å². The lowest BCUT2D eigenvalue weighted by atomic mass is 10.1. The van der Waals surface area contributed by atoms with Gasteiger partial charge in [-0.05, 0) is 55.0 Å². The first-order chi connectivity index (χ1) is 10.5. The van der Waals surface area contributed by atoms with E-state index >= 15 is 0 Å². The molecule has 22 heavy (non-hydrogen) atoms. The number of aromatic carboxylic acids is 1. The fraction of sp³-hybridized carbons (Fsp3) is 0.294. The second kappa shape index (κ2) is 5.57. The van der Waals surface area contributed by atoms with Crippen LogP contribution in [0.5, 0.6) is 0 Å². The minimum Gasteiger partial charge on any atom is -0.478 e. The van der Waals surface area contributed by atoms with Gasteiger partial charge in [-0.15, -0.1) is 11.3 Å². The van der Waals surface area contributed by atoms with E-state index in [0.717, 1.165) is 12.0 Å². The first kappa shape index (κ1) is 14.8. The molecule has 1 fully saturated rings. The van der Waals surface area contributed by atoms with E-state index in [1.807, 2.05) is 6.92 Å². The number of carboxylic acids is 1. The van der Waals surface area contributed by atoms with Crippen molar-refractivity contribution in [3.05, 3.63) is 51.2 Å². The second-order valence-corrected chi connectivity index (χ2v) is 6.69. The standard InChI is InChI=1S/C17H17NO3S/c1-9-3-4-11(17(20)21)7-14(9)18-16(19)13-8-12(13)15-10(2)5-6-22-15/h3-7,12-13H,8H2,1-2H3,(H,18,19)(H,20,21). The molecule has 114 valence electrons. The number of benzene rings is 1. The van der Waals surface area contributed by atoms with Crippen LogP contribution in [0, 0.1) is 19.8 Å². The predicted molar refractivity (Wildman–Crippen MR) is 86.7 cm³/mol. The third kappa shape index (κ3) is 2.76. The van der Waals surface area contributed by atoms with Crippen LogP contribution >= 0.6 is 11.3 Å². The summed E-state index contributed by atoms with van der Waals surface area (Å²) < 4.78 is 0. The van der Waals surface area contributed by atoms with Gasteiger partial charge in [0, 0.05) is 22.4 Å². The molecule has 1 amide bonds. The molecule has 1 aliphatic rings. The van der Waals surface area contributed by atoms with Gasteiger partial charge in [-0.3, -0.25) is 4.79 Å². The van der Waals surface area contributed by atoms with Crippen LogP contribution in [0.1, 0.15) is 38.7 Å². The van der Waals surface area contributed by atoms with Gasteiger partial charge < -0.3 is 10.4 Å². The molecule has 0 radical (unpaired) electrons. The lowest BCUT2D eigenvalue weighted by Gasteiger charge is -2.09. The number of carbonyl (C=O) groups excluding carboxylic acids is 1. The maximum Gasteiger partial charge on any atom is 0.335 e. The Morgan fingerprint density at radius 1 is 1.23 bits per heavy atom. The highest BCUT2D eigenvalue weighted by molar-refractivity contribution is 7.10. The van der Waals surface area contributed by atoms with E-state index in [1.54, 1.807) is 23.5 Å². The Kier molecular flexibility index (Phi) is 3.74. The van der Waals surface area contributed by atoms with Gasteiger partial charge in [-0.25, -0.2) is 4.79 Å². The first-order valence-corrected chi connectivity index (χ1v) is 8.04. The highest BCUT2D eigenvalue weighted by atomic mass is 32.1. The largest absolute Gasteiger partial charge is 0.478 e. The van der Waals surface area contributed by atoms with Crippen molar-refractivity contribution in [1.29, 1.82) is 0 Å². The van der Waals surface area contributed by atoms with Gasteiger partial charge in [-0.1, -0.05) is 6.07 Å². The Balaban J connectivity index is 1.72. The molecule has 4 nitrogen and oxygen atoms in total. The minimum atomic E-state index is -0.992. The van der Waals surface area contributed by atoms with Crippen molar-refractivity contribution in [3.63, 3.8) is 0 Å². The van der Waals surface area contributed by atoms with Gasteiger partial charge >= 0.3 is 5.97 Å². The number of thiophene rings is 1. The fourth-order valence-electron chi connectivity index (χ4n) is 2.65. The Labute approximate surface area is 132 Å². The van der Waals surface area contributed by atoms with Crippen LogP contribution in [0.4, 0.5) is 5.69 Å². The smallest absolute Gasteiger partial charge is 0.335 e. The molecule has 1 saturated carbocycles. The maximum atomic E-state index is 12.4. The zero-order valence-corrected chi connectivity index (χ0v) is 13.2. The summed E-state index contributed by atoms with van der Waals surface area (Å²) in [5.41, 5.74) is 2.87. The van der Waals surface area contributed by atoms with E-state index in [9.17, 15) is 9.59 Å². The lowest BCUT2D eigenvalue weighted by molar-refractivity contribution is -0.117. The molecule has 0 saturated heterocycles. The molecule has 0 spiro atoms. The van der Waals surface area contributed by atoms with Crippen LogP contribution in [0.25, 0.3) is 0 Å². The van der Waals surface area contributed by atoms with Crippen molar-refractivity contribution in [2.24, 2.45) is 5.92 Å². The number of nitrogens with one attached hydrogen (secondary N) is 1. The second-order valence-electron chi connectivity index (χ2n) is 5.74. The Hall–Kier alpha value is -2.14. The summed E-state index contributed by atoms with van der Waals surface area (Å²) in [6, 6.07) is 6.85. The van der Waals surface area contributed by atoms with Gasteiger partial charge in [0.25, 0.3) is 0 Å². The van der Waals surface area contributed by atoms with Crippen LogP contribution in [-0.4, -0.2) is 17.0 Å². The van der Waals surface area contributed by atoms with Gasteiger partial charge in [-0.2, -0.15) is 0 Å². The summed E-state index contributed by atoms with van der Waals surface area (Å²) >= 11 is 1.70. The summed E-state index contributed by atoms with van der Waals surface area (Å²) in [4.78, 5) is 24.7. The molecule has 5 heteroatoms. The zero-order chi connectivity index (χ0) is 15.9. The van der Waals surface area contributed by atoms with Crippen LogP contribution in [0.2, 0.25) is 0 Å². The van der Waals surface area contributed by atoms with Crippen molar-refractivity contribution in [2.45, 2.75) is 26.2 Å². The Morgan fingerprint density at radius 2 is 2.00 bits per heavy atom. The minimum absolute atomic E-state index is 0.00904. The molecule has 2 unspecified atom stereocenters. The molecule has 0 aliphatic heterocycles. The van der Waals surface area contributed by atoms with Crippen molar-refractivity contribution in [2.75, 3.05) is 5.32 Å². The molecular formula is C17H17NO3S. The molecule has 2 atom stereocenters. The number of hydrogen-bond acceptors (Lipinski definition) is 3. The first-order valence-electron chi connectivity index (χ1n) is 7.16. The van der Waals surface area contributed by atoms with E-state index in [4.69, 9.17) is 5.11 Å². The molecule has 3 rings (SSSR count). The van der Waals surface area contributed by atoms with E-state index in [1.165, 1.54) is 16.5 Å². The maximum absolute atomic E-state index is 12.4. The van der Waals surface area contributed by atoms with Gasteiger partial charge in [0.1, 0.15) is 0 Å². The monoisotopic (exact) mass is 315 g/mol. The van der Waals surface area contributed by atoms with E-state index in [-0.39, 0.29) is 17.4 Å². The third-order valence-corrected chi connectivity index (χ3v) is 5.26. The number of amides is 1. The lowest BCUT2D eigenvalue weighted by Crippen LogP contribution is -2.16. The third-order valence-electron chi connectivity index (χ3n) is 4.11. The van der Waals surface area contributed by atoms with Crippen LogP contribution < -0.4 is 5.32 Å². The summed E-state index contributed by atoms with van der Waals surface area (Å²) in [7, 11) is 0. The van der Waals surface area contributed by atoms with Gasteiger partial charge in [0.05, 0.1) is 5.56 Å². The average molecular weight is 315 g/mol. The van der Waals surface area contributed by atoms with Gasteiger partial charge in [0.15, 0.2) is 0 Å². The number of rotatable bonds is 4. The summed E-state index contributed by atoms with van der Waals surface area (Å²) in [5.74, 6) is -0.717. The molecular weight excluding hydrogens is 298 g/mol. The molecule has 1 aromatic carbocycles. The average Bonchev–Trinajstić information content (AvgIpc) is 3.16. The van der Waals surface area contributed by atoms with Crippen molar-refractivity contribution in [3.8, 4) is 0 Å². The van der Waals surface area contributed by atoms with Crippen LogP contribution in [0.3, 0.4) is 0 Å². The topological polar surface area (TPSA) is 66.4 Å². The van der Waals surface area contributed by atoms with Crippen molar-refractivity contribution < 1.29 is 14.7 Å². The SMILES string of the molecule is Cc1ccc(C(=O)O)cc1NC(=O)C1CC1c1sccc1C. The summed E-state index contributed by atoms with van der Waals surface area (Å²) in [5, 5.41) is 14.0. The van der Waals surface area contributed by atoms with Crippen LogP contribution in [0.15, 0.2) is 29.6 Å². The number of aryl methyl sites for hydroxylation is 2. The highest BCUT2D eigenvalue weighted by Gasteiger charge is 2.45. The number of carbonyl (C=O) groups is 2.